The van der Waals surface area contributed by atoms with Gasteiger partial charge in [-0.15, -0.1) is 0 Å². The number of fused-ring (bicyclic) bond motifs is 1. The number of hydrogen-bond donors (Lipinski definition) is 1. The molecule has 1 aromatic carbocycles. The molecule has 1 aliphatic carbocycles. The molecule has 0 spiro atoms. The van der Waals surface area contributed by atoms with Gasteiger partial charge >= 0.3 is 5.97 Å². The van der Waals surface area contributed by atoms with Gasteiger partial charge in [-0.25, -0.2) is 9.78 Å². The number of aromatic nitrogens is 2. The molecule has 4 heteroatoms. The van der Waals surface area contributed by atoms with Crippen LogP contribution in [0.25, 0.3) is 11.0 Å². The van der Waals surface area contributed by atoms with E-state index < -0.39 is 5.97 Å². The molecule has 4 nitrogen and oxygen atoms in total. The lowest BCUT2D eigenvalue weighted by atomic mass is 9.92. The van der Waals surface area contributed by atoms with Crippen LogP contribution in [0.3, 0.4) is 0 Å². The molecule has 18 heavy (non-hydrogen) atoms. The van der Waals surface area contributed by atoms with Crippen molar-refractivity contribution >= 4 is 17.0 Å². The van der Waals surface area contributed by atoms with Crippen molar-refractivity contribution in [1.82, 2.24) is 9.55 Å². The van der Waals surface area contributed by atoms with Crippen LogP contribution in [-0.4, -0.2) is 20.6 Å². The molecule has 1 aromatic heterocycles. The summed E-state index contributed by atoms with van der Waals surface area (Å²) in [4.78, 5) is 15.8. The Hall–Kier alpha value is -1.84. The van der Waals surface area contributed by atoms with Gasteiger partial charge < -0.3 is 9.67 Å². The van der Waals surface area contributed by atoms with Gasteiger partial charge in [0.15, 0.2) is 0 Å². The Morgan fingerprint density at radius 1 is 1.50 bits per heavy atom. The van der Waals surface area contributed by atoms with Gasteiger partial charge in [0, 0.05) is 12.5 Å². The molecule has 3 rings (SSSR count). The minimum Gasteiger partial charge on any atom is -0.478 e. The molecule has 0 saturated heterocycles. The summed E-state index contributed by atoms with van der Waals surface area (Å²) in [6.07, 6.45) is 4.45. The zero-order valence-electron chi connectivity index (χ0n) is 10.4. The lowest BCUT2D eigenvalue weighted by Gasteiger charge is -2.29. The number of hydrogen-bond acceptors (Lipinski definition) is 2. The first-order valence-corrected chi connectivity index (χ1v) is 6.45. The standard InChI is InChI=1S/C14H16N2O2/c1-2-12-15-13-10(14(17)18)7-4-8-11(13)16(12)9-5-3-6-9/h4,7-9H,2-3,5-6H2,1H3,(H,17,18). The molecule has 1 N–H and O–H groups in total. The number of nitrogens with zero attached hydrogens (tertiary/aromatic N) is 2. The van der Waals surface area contributed by atoms with Gasteiger partial charge in [-0.1, -0.05) is 13.0 Å². The van der Waals surface area contributed by atoms with Gasteiger partial charge in [-0.3, -0.25) is 0 Å². The van der Waals surface area contributed by atoms with Crippen molar-refractivity contribution in [3.63, 3.8) is 0 Å². The number of benzene rings is 1. The van der Waals surface area contributed by atoms with E-state index in [0.717, 1.165) is 17.8 Å². The molecular weight excluding hydrogens is 228 g/mol. The third kappa shape index (κ3) is 1.52. The fourth-order valence-corrected chi connectivity index (χ4v) is 2.64. The smallest absolute Gasteiger partial charge is 0.337 e. The lowest BCUT2D eigenvalue weighted by molar-refractivity contribution is 0.0699. The van der Waals surface area contributed by atoms with Crippen molar-refractivity contribution in [1.29, 1.82) is 0 Å². The summed E-state index contributed by atoms with van der Waals surface area (Å²) in [7, 11) is 0. The summed E-state index contributed by atoms with van der Waals surface area (Å²) in [5, 5.41) is 9.22. The average Bonchev–Trinajstić information content (AvgIpc) is 2.65. The summed E-state index contributed by atoms with van der Waals surface area (Å²) < 4.78 is 2.24. The fraction of sp³-hybridized carbons (Fsp3) is 0.429. The topological polar surface area (TPSA) is 55.1 Å². The zero-order chi connectivity index (χ0) is 12.7. The predicted molar refractivity (Wildman–Crippen MR) is 69.0 cm³/mol. The van der Waals surface area contributed by atoms with Gasteiger partial charge in [0.25, 0.3) is 0 Å². The molecule has 0 amide bonds. The van der Waals surface area contributed by atoms with Gasteiger partial charge in [0.1, 0.15) is 11.3 Å². The van der Waals surface area contributed by atoms with Crippen molar-refractivity contribution in [2.45, 2.75) is 38.6 Å². The lowest BCUT2D eigenvalue weighted by Crippen LogP contribution is -2.18. The maximum absolute atomic E-state index is 11.2. The van der Waals surface area contributed by atoms with Crippen LogP contribution in [0, 0.1) is 0 Å². The Labute approximate surface area is 105 Å². The van der Waals surface area contributed by atoms with Gasteiger partial charge in [-0.2, -0.15) is 0 Å². The van der Waals surface area contributed by atoms with E-state index in [0.29, 0.717) is 17.1 Å². The minimum atomic E-state index is -0.901. The Morgan fingerprint density at radius 3 is 2.83 bits per heavy atom. The number of carbonyl (C=O) groups is 1. The van der Waals surface area contributed by atoms with E-state index in [4.69, 9.17) is 0 Å². The molecular formula is C14H16N2O2. The molecule has 0 bridgehead atoms. The first kappa shape index (κ1) is 11.3. The number of aromatic carboxylic acids is 1. The number of imidazole rings is 1. The number of rotatable bonds is 3. The van der Waals surface area contributed by atoms with Crippen LogP contribution in [0.5, 0.6) is 0 Å². The summed E-state index contributed by atoms with van der Waals surface area (Å²) in [5.74, 6) is 0.102. The average molecular weight is 244 g/mol. The van der Waals surface area contributed by atoms with Crippen molar-refractivity contribution in [2.24, 2.45) is 0 Å². The normalized spacial score (nSPS) is 15.8. The molecule has 1 saturated carbocycles. The molecule has 1 fully saturated rings. The van der Waals surface area contributed by atoms with Crippen molar-refractivity contribution in [2.75, 3.05) is 0 Å². The highest BCUT2D eigenvalue weighted by Crippen LogP contribution is 2.36. The van der Waals surface area contributed by atoms with Crippen molar-refractivity contribution < 1.29 is 9.90 Å². The van der Waals surface area contributed by atoms with Crippen LogP contribution in [-0.2, 0) is 6.42 Å². The second kappa shape index (κ2) is 4.12. The second-order valence-electron chi connectivity index (χ2n) is 4.81. The molecule has 1 aliphatic rings. The SMILES string of the molecule is CCc1nc2c(C(=O)O)cccc2n1C1CCC1. The highest BCUT2D eigenvalue weighted by Gasteiger charge is 2.25. The molecule has 0 radical (unpaired) electrons. The van der Waals surface area contributed by atoms with Crippen LogP contribution >= 0.6 is 0 Å². The van der Waals surface area contributed by atoms with E-state index in [1.165, 1.54) is 19.3 Å². The van der Waals surface area contributed by atoms with Crippen LogP contribution < -0.4 is 0 Å². The number of aryl methyl sites for hydroxylation is 1. The summed E-state index contributed by atoms with van der Waals surface area (Å²) >= 11 is 0. The first-order valence-electron chi connectivity index (χ1n) is 6.45. The molecule has 2 aromatic rings. The third-order valence-corrected chi connectivity index (χ3v) is 3.78. The molecule has 1 heterocycles. The summed E-state index contributed by atoms with van der Waals surface area (Å²) in [5.41, 5.74) is 1.91. The Bertz CT molecular complexity index is 612. The second-order valence-corrected chi connectivity index (χ2v) is 4.81. The quantitative estimate of drug-likeness (QED) is 0.902. The van der Waals surface area contributed by atoms with E-state index in [1.54, 1.807) is 6.07 Å². The molecule has 0 aliphatic heterocycles. The summed E-state index contributed by atoms with van der Waals surface area (Å²) in [6, 6.07) is 5.92. The number of para-hydroxylation sites is 1. The van der Waals surface area contributed by atoms with Crippen LogP contribution in [0.4, 0.5) is 0 Å². The van der Waals surface area contributed by atoms with Crippen LogP contribution in [0.2, 0.25) is 0 Å². The Morgan fingerprint density at radius 2 is 2.28 bits per heavy atom. The molecule has 94 valence electrons. The maximum atomic E-state index is 11.2. The van der Waals surface area contributed by atoms with E-state index in [9.17, 15) is 9.90 Å². The van der Waals surface area contributed by atoms with Crippen molar-refractivity contribution in [3.8, 4) is 0 Å². The molecule has 0 atom stereocenters. The van der Waals surface area contributed by atoms with Gasteiger partial charge in [-0.05, 0) is 31.4 Å². The van der Waals surface area contributed by atoms with E-state index in [-0.39, 0.29) is 0 Å². The van der Waals surface area contributed by atoms with Gasteiger partial charge in [0.2, 0.25) is 0 Å². The maximum Gasteiger partial charge on any atom is 0.337 e. The molecule has 0 unspecified atom stereocenters. The highest BCUT2D eigenvalue weighted by atomic mass is 16.4. The largest absolute Gasteiger partial charge is 0.478 e. The monoisotopic (exact) mass is 244 g/mol. The van der Waals surface area contributed by atoms with Gasteiger partial charge in [0.05, 0.1) is 11.1 Å². The fourth-order valence-electron chi connectivity index (χ4n) is 2.64. The predicted octanol–water partition coefficient (Wildman–Crippen LogP) is 3.02. The number of carboxylic acid groups (broad SMARTS) is 1. The van der Waals surface area contributed by atoms with Crippen LogP contribution in [0.15, 0.2) is 18.2 Å². The Kier molecular flexibility index (Phi) is 2.58. The minimum absolute atomic E-state index is 0.306. The van der Waals surface area contributed by atoms with Crippen molar-refractivity contribution in [3.05, 3.63) is 29.6 Å². The highest BCUT2D eigenvalue weighted by molar-refractivity contribution is 6.01. The summed E-state index contributed by atoms with van der Waals surface area (Å²) in [6.45, 7) is 2.07. The third-order valence-electron chi connectivity index (χ3n) is 3.78. The van der Waals surface area contributed by atoms with E-state index >= 15 is 0 Å². The van der Waals surface area contributed by atoms with E-state index in [1.807, 2.05) is 12.1 Å². The number of carboxylic acids is 1. The van der Waals surface area contributed by atoms with Crippen LogP contribution in [0.1, 0.15) is 48.4 Å². The zero-order valence-corrected chi connectivity index (χ0v) is 10.4. The van der Waals surface area contributed by atoms with E-state index in [2.05, 4.69) is 16.5 Å². The first-order chi connectivity index (χ1) is 8.72. The Balaban J connectivity index is 2.27.